The van der Waals surface area contributed by atoms with Gasteiger partial charge in [-0.3, -0.25) is 4.99 Å². The van der Waals surface area contributed by atoms with Gasteiger partial charge in [-0.05, 0) is 0 Å². The molecule has 0 amide bonds. The first-order valence-corrected chi connectivity index (χ1v) is 5.86. The third-order valence-electron chi connectivity index (χ3n) is 1.22. The van der Waals surface area contributed by atoms with Crippen molar-refractivity contribution in [2.24, 2.45) is 4.99 Å². The van der Waals surface area contributed by atoms with Crippen LogP contribution in [0, 0.1) is 12.1 Å². The summed E-state index contributed by atoms with van der Waals surface area (Å²) in [7, 11) is 0. The molecule has 18 heavy (non-hydrogen) atoms. The van der Waals surface area contributed by atoms with Crippen molar-refractivity contribution in [3.63, 3.8) is 0 Å². The van der Waals surface area contributed by atoms with E-state index >= 15 is 0 Å². The van der Waals surface area contributed by atoms with Crippen molar-refractivity contribution >= 4 is 6.21 Å². The van der Waals surface area contributed by atoms with Gasteiger partial charge in [0.05, 0.1) is 0 Å². The molecule has 1 aromatic carbocycles. The van der Waals surface area contributed by atoms with Gasteiger partial charge in [0.2, 0.25) is 0 Å². The predicted molar refractivity (Wildman–Crippen MR) is 76.6 cm³/mol. The summed E-state index contributed by atoms with van der Waals surface area (Å²) in [5.41, 5.74) is 0. The Morgan fingerprint density at radius 1 is 1.06 bits per heavy atom. The molecule has 2 rings (SSSR count). The number of rotatable bonds is 0. The quantitative estimate of drug-likeness (QED) is 0.719. The third kappa shape index (κ3) is 17.7. The van der Waals surface area contributed by atoms with Gasteiger partial charge >= 0.3 is 0 Å². The maximum absolute atomic E-state index is 3.76. The SMILES string of the molecule is C=C1N=C[C-]=CN1.CC.CC.[Y].[c-]1ccccc1. The van der Waals surface area contributed by atoms with E-state index in [0.29, 0.717) is 5.82 Å². The average molecular weight is 319 g/mol. The topological polar surface area (TPSA) is 24.4 Å². The number of nitrogens with one attached hydrogen (secondary N) is 1. The molecule has 0 atom stereocenters. The second-order valence-electron chi connectivity index (χ2n) is 2.24. The number of hydrogen-bond acceptors (Lipinski definition) is 2. The van der Waals surface area contributed by atoms with Gasteiger partial charge in [-0.2, -0.15) is 42.6 Å². The number of nitrogens with zero attached hydrogens (tertiary/aromatic N) is 1. The van der Waals surface area contributed by atoms with Crippen molar-refractivity contribution in [1.82, 2.24) is 5.32 Å². The van der Waals surface area contributed by atoms with Crippen molar-refractivity contribution in [2.45, 2.75) is 27.7 Å². The van der Waals surface area contributed by atoms with E-state index in [0.717, 1.165) is 0 Å². The van der Waals surface area contributed by atoms with Crippen LogP contribution >= 0.6 is 0 Å². The first kappa shape index (κ1) is 22.5. The molecule has 1 aliphatic heterocycles. The van der Waals surface area contributed by atoms with Crippen LogP contribution in [0.2, 0.25) is 0 Å². The van der Waals surface area contributed by atoms with E-state index < -0.39 is 0 Å². The fourth-order valence-electron chi connectivity index (χ4n) is 0.657. The molecule has 1 aromatic rings. The fraction of sp³-hybridized carbons (Fsp3) is 0.267. The molecule has 0 fully saturated rings. The molecule has 0 unspecified atom stereocenters. The summed E-state index contributed by atoms with van der Waals surface area (Å²) in [6, 6.07) is 12.5. The second-order valence-corrected chi connectivity index (χ2v) is 2.24. The third-order valence-corrected chi connectivity index (χ3v) is 1.22. The Labute approximate surface area is 137 Å². The number of allylic oxidation sites excluding steroid dienone is 1. The van der Waals surface area contributed by atoms with Gasteiger partial charge in [-0.15, -0.1) is 6.21 Å². The Balaban J connectivity index is -0.000000189. The van der Waals surface area contributed by atoms with Gasteiger partial charge in [0, 0.05) is 32.7 Å². The largest absolute Gasteiger partial charge is 0.436 e. The van der Waals surface area contributed by atoms with Gasteiger partial charge in [-0.1, -0.05) is 34.3 Å². The van der Waals surface area contributed by atoms with E-state index in [9.17, 15) is 0 Å². The molecule has 97 valence electrons. The van der Waals surface area contributed by atoms with E-state index in [1.807, 2.05) is 58.0 Å². The summed E-state index contributed by atoms with van der Waals surface area (Å²) in [4.78, 5) is 3.76. The molecular formula is C15H22N2Y-2. The van der Waals surface area contributed by atoms with E-state index in [1.54, 1.807) is 12.4 Å². The molecule has 0 spiro atoms. The molecule has 1 aliphatic rings. The number of benzene rings is 1. The first-order chi connectivity index (χ1) is 8.39. The normalized spacial score (nSPS) is 9.89. The Morgan fingerprint density at radius 2 is 1.61 bits per heavy atom. The molecule has 1 N–H and O–H groups in total. The van der Waals surface area contributed by atoms with Crippen molar-refractivity contribution in [1.29, 1.82) is 0 Å². The maximum atomic E-state index is 3.76. The minimum Gasteiger partial charge on any atom is -0.436 e. The Bertz CT molecular complexity index is 279. The summed E-state index contributed by atoms with van der Waals surface area (Å²) in [6.07, 6.45) is 5.96. The van der Waals surface area contributed by atoms with Crippen LogP contribution in [0.25, 0.3) is 0 Å². The van der Waals surface area contributed by atoms with Crippen LogP contribution < -0.4 is 5.32 Å². The summed E-state index contributed by atoms with van der Waals surface area (Å²) in [5.74, 6) is 0.666. The Hall–Kier alpha value is -0.726. The predicted octanol–water partition coefficient (Wildman–Crippen LogP) is 3.99. The average Bonchev–Trinajstić information content (AvgIpc) is 2.47. The van der Waals surface area contributed by atoms with Crippen LogP contribution in [-0.2, 0) is 32.7 Å². The second kappa shape index (κ2) is 21.5. The first-order valence-electron chi connectivity index (χ1n) is 5.86. The monoisotopic (exact) mass is 319 g/mol. The van der Waals surface area contributed by atoms with E-state index in [4.69, 9.17) is 0 Å². The van der Waals surface area contributed by atoms with Crippen LogP contribution in [0.4, 0.5) is 0 Å². The van der Waals surface area contributed by atoms with Crippen LogP contribution in [0.1, 0.15) is 27.7 Å². The summed E-state index contributed by atoms with van der Waals surface area (Å²) in [5, 5.41) is 2.75. The smallest absolute Gasteiger partial charge is 0.116 e. The summed E-state index contributed by atoms with van der Waals surface area (Å²) >= 11 is 0. The molecular weight excluding hydrogens is 297 g/mol. The molecule has 0 saturated carbocycles. The molecule has 1 heterocycles. The van der Waals surface area contributed by atoms with Gasteiger partial charge in [0.25, 0.3) is 0 Å². The molecule has 0 saturated heterocycles. The van der Waals surface area contributed by atoms with E-state index in [2.05, 4.69) is 29.0 Å². The van der Waals surface area contributed by atoms with Crippen LogP contribution in [-0.4, -0.2) is 6.21 Å². The zero-order chi connectivity index (χ0) is 13.4. The molecule has 0 bridgehead atoms. The molecule has 1 radical (unpaired) electrons. The summed E-state index contributed by atoms with van der Waals surface area (Å²) < 4.78 is 0. The minimum absolute atomic E-state index is 0. The van der Waals surface area contributed by atoms with E-state index in [-0.39, 0.29) is 32.7 Å². The van der Waals surface area contributed by atoms with Crippen molar-refractivity contribution < 1.29 is 32.7 Å². The van der Waals surface area contributed by atoms with Crippen molar-refractivity contribution in [3.8, 4) is 0 Å². The van der Waals surface area contributed by atoms with Crippen LogP contribution in [0.15, 0.2) is 53.9 Å². The maximum Gasteiger partial charge on any atom is 0.116 e. The number of aliphatic imine (C=N–C) groups is 1. The Kier molecular flexibility index (Phi) is 26.9. The summed E-state index contributed by atoms with van der Waals surface area (Å²) in [6.45, 7) is 11.5. The van der Waals surface area contributed by atoms with Crippen LogP contribution in [0.3, 0.4) is 0 Å². The fourth-order valence-corrected chi connectivity index (χ4v) is 0.657. The Morgan fingerprint density at radius 3 is 1.78 bits per heavy atom. The van der Waals surface area contributed by atoms with Gasteiger partial charge in [0.1, 0.15) is 5.82 Å². The van der Waals surface area contributed by atoms with Crippen LogP contribution in [0.5, 0.6) is 0 Å². The van der Waals surface area contributed by atoms with Crippen molar-refractivity contribution in [2.75, 3.05) is 0 Å². The number of hydrogen-bond donors (Lipinski definition) is 1. The minimum atomic E-state index is 0. The molecule has 2 nitrogen and oxygen atoms in total. The molecule has 0 aliphatic carbocycles. The molecule has 0 aromatic heterocycles. The van der Waals surface area contributed by atoms with E-state index in [1.165, 1.54) is 0 Å². The van der Waals surface area contributed by atoms with Gasteiger partial charge < -0.3 is 11.4 Å². The van der Waals surface area contributed by atoms with Gasteiger partial charge in [0.15, 0.2) is 0 Å². The molecule has 3 heteroatoms. The van der Waals surface area contributed by atoms with Gasteiger partial charge in [-0.25, -0.2) is 0 Å². The zero-order valence-electron chi connectivity index (χ0n) is 11.8. The van der Waals surface area contributed by atoms with Crippen molar-refractivity contribution in [3.05, 3.63) is 61.1 Å². The zero-order valence-corrected chi connectivity index (χ0v) is 14.6. The standard InChI is InChI=1S/C6H5.C5H5N2.2C2H6.Y/c1-2-4-6-5-3-1;1-5-6-3-2-4-7-5;2*1-2;/h1-5H;3-4,6H,1H2;2*1-2H3;/q2*-1;;;.